The number of ether oxygens (including phenoxy) is 2. The van der Waals surface area contributed by atoms with Crippen LogP contribution in [0.25, 0.3) is 11.1 Å². The molecule has 0 saturated carbocycles. The van der Waals surface area contributed by atoms with Crippen molar-refractivity contribution in [3.05, 3.63) is 42.0 Å². The molecular formula is C21H23F3N2O2. The third-order valence-corrected chi connectivity index (χ3v) is 5.27. The highest BCUT2D eigenvalue weighted by molar-refractivity contribution is 5.86. The van der Waals surface area contributed by atoms with Crippen molar-refractivity contribution >= 4 is 5.69 Å². The molecule has 1 N–H and O–H groups in total. The summed E-state index contributed by atoms with van der Waals surface area (Å²) in [6.45, 7) is 4.81. The number of benzene rings is 2. The van der Waals surface area contributed by atoms with Crippen LogP contribution in [0.3, 0.4) is 0 Å². The molecule has 0 amide bonds. The zero-order chi connectivity index (χ0) is 19.7. The second-order valence-electron chi connectivity index (χ2n) is 7.04. The lowest BCUT2D eigenvalue weighted by molar-refractivity contribution is -0.274. The van der Waals surface area contributed by atoms with Crippen molar-refractivity contribution in [2.75, 3.05) is 31.1 Å². The summed E-state index contributed by atoms with van der Waals surface area (Å²) in [7, 11) is 0. The van der Waals surface area contributed by atoms with E-state index in [1.807, 2.05) is 12.1 Å². The van der Waals surface area contributed by atoms with E-state index >= 15 is 0 Å². The number of anilines is 1. The van der Waals surface area contributed by atoms with E-state index in [1.54, 1.807) is 19.1 Å². The summed E-state index contributed by atoms with van der Waals surface area (Å²) < 4.78 is 49.0. The van der Waals surface area contributed by atoms with Crippen molar-refractivity contribution in [2.24, 2.45) is 0 Å². The van der Waals surface area contributed by atoms with E-state index in [9.17, 15) is 13.2 Å². The SMILES string of the molecule is CCOc1ccc(-c2cccc3c2N2CCNCCC2C3)c(OC(F)(F)F)c1. The molecule has 4 nitrogen and oxygen atoms in total. The third-order valence-electron chi connectivity index (χ3n) is 5.27. The molecule has 2 aliphatic heterocycles. The molecule has 1 fully saturated rings. The van der Waals surface area contributed by atoms with Gasteiger partial charge in [0.15, 0.2) is 0 Å². The number of halogens is 3. The second-order valence-corrected chi connectivity index (χ2v) is 7.04. The summed E-state index contributed by atoms with van der Waals surface area (Å²) in [6.07, 6.45) is -2.84. The van der Waals surface area contributed by atoms with Crippen molar-refractivity contribution in [3.8, 4) is 22.6 Å². The minimum Gasteiger partial charge on any atom is -0.494 e. The summed E-state index contributed by atoms with van der Waals surface area (Å²) >= 11 is 0. The first-order chi connectivity index (χ1) is 13.5. The number of nitrogens with zero attached hydrogens (tertiary/aromatic N) is 1. The Balaban J connectivity index is 1.81. The fourth-order valence-electron chi connectivity index (χ4n) is 4.20. The fraction of sp³-hybridized carbons (Fsp3) is 0.429. The molecule has 7 heteroatoms. The van der Waals surface area contributed by atoms with Crippen molar-refractivity contribution < 1.29 is 22.6 Å². The van der Waals surface area contributed by atoms with Crippen LogP contribution in [0.2, 0.25) is 0 Å². The van der Waals surface area contributed by atoms with Crippen LogP contribution in [0.15, 0.2) is 36.4 Å². The van der Waals surface area contributed by atoms with Gasteiger partial charge in [-0.3, -0.25) is 0 Å². The average molecular weight is 392 g/mol. The Morgan fingerprint density at radius 1 is 1.14 bits per heavy atom. The van der Waals surface area contributed by atoms with Gasteiger partial charge in [-0.1, -0.05) is 18.2 Å². The normalized spacial score (nSPS) is 19.0. The first-order valence-electron chi connectivity index (χ1n) is 9.58. The van der Waals surface area contributed by atoms with Crippen LogP contribution in [0.5, 0.6) is 11.5 Å². The number of rotatable bonds is 4. The molecular weight excluding hydrogens is 369 g/mol. The Morgan fingerprint density at radius 3 is 2.79 bits per heavy atom. The number of hydrogen-bond acceptors (Lipinski definition) is 4. The Labute approximate surface area is 162 Å². The van der Waals surface area contributed by atoms with Gasteiger partial charge in [-0.2, -0.15) is 0 Å². The van der Waals surface area contributed by atoms with Gasteiger partial charge in [0.25, 0.3) is 0 Å². The Kier molecular flexibility index (Phi) is 5.10. The predicted molar refractivity (Wildman–Crippen MR) is 102 cm³/mol. The van der Waals surface area contributed by atoms with Crippen LogP contribution in [-0.2, 0) is 6.42 Å². The van der Waals surface area contributed by atoms with Gasteiger partial charge in [-0.15, -0.1) is 13.2 Å². The number of fused-ring (bicyclic) bond motifs is 3. The lowest BCUT2D eigenvalue weighted by Crippen LogP contribution is -2.33. The smallest absolute Gasteiger partial charge is 0.494 e. The van der Waals surface area contributed by atoms with E-state index in [4.69, 9.17) is 4.74 Å². The summed E-state index contributed by atoms with van der Waals surface area (Å²) in [5.41, 5.74) is 3.39. The highest BCUT2D eigenvalue weighted by Gasteiger charge is 2.35. The van der Waals surface area contributed by atoms with Gasteiger partial charge in [-0.05, 0) is 44.0 Å². The molecule has 1 unspecified atom stereocenters. The zero-order valence-corrected chi connectivity index (χ0v) is 15.7. The van der Waals surface area contributed by atoms with Gasteiger partial charge in [0.1, 0.15) is 11.5 Å². The molecule has 2 aliphatic rings. The molecule has 2 heterocycles. The predicted octanol–water partition coefficient (Wildman–Crippen LogP) is 4.38. The Morgan fingerprint density at radius 2 is 2.00 bits per heavy atom. The van der Waals surface area contributed by atoms with Gasteiger partial charge >= 0.3 is 6.36 Å². The van der Waals surface area contributed by atoms with E-state index in [1.165, 1.54) is 11.6 Å². The minimum atomic E-state index is -4.77. The maximum Gasteiger partial charge on any atom is 0.573 e. The molecule has 28 heavy (non-hydrogen) atoms. The molecule has 0 aliphatic carbocycles. The maximum atomic E-state index is 13.1. The molecule has 4 rings (SSSR count). The molecule has 2 aromatic rings. The van der Waals surface area contributed by atoms with E-state index < -0.39 is 6.36 Å². The van der Waals surface area contributed by atoms with E-state index in [2.05, 4.69) is 21.0 Å². The fourth-order valence-corrected chi connectivity index (χ4v) is 4.20. The molecule has 150 valence electrons. The van der Waals surface area contributed by atoms with Crippen LogP contribution in [0.1, 0.15) is 18.9 Å². The van der Waals surface area contributed by atoms with E-state index in [0.717, 1.165) is 43.7 Å². The lowest BCUT2D eigenvalue weighted by Gasteiger charge is -2.27. The molecule has 0 spiro atoms. The van der Waals surface area contributed by atoms with Crippen LogP contribution in [0, 0.1) is 0 Å². The quantitative estimate of drug-likeness (QED) is 0.838. The van der Waals surface area contributed by atoms with Crippen molar-refractivity contribution in [1.29, 1.82) is 0 Å². The monoisotopic (exact) mass is 392 g/mol. The standard InChI is InChI=1S/C21H23F3N2O2/c1-2-27-16-6-7-17(19(13-16)28-21(22,23)24)18-5-3-4-14-12-15-8-9-25-10-11-26(15)20(14)18/h3-7,13,15,25H,2,8-12H2,1H3. The highest BCUT2D eigenvalue weighted by atomic mass is 19.4. The number of nitrogens with one attached hydrogen (secondary N) is 1. The summed E-state index contributed by atoms with van der Waals surface area (Å²) in [5.74, 6) is 0.123. The van der Waals surface area contributed by atoms with Crippen LogP contribution in [0.4, 0.5) is 18.9 Å². The van der Waals surface area contributed by atoms with Crippen molar-refractivity contribution in [2.45, 2.75) is 32.2 Å². The van der Waals surface area contributed by atoms with E-state index in [-0.39, 0.29) is 5.75 Å². The van der Waals surface area contributed by atoms with Gasteiger partial charge in [0.05, 0.1) is 6.61 Å². The van der Waals surface area contributed by atoms with Crippen LogP contribution < -0.4 is 19.7 Å². The topological polar surface area (TPSA) is 33.7 Å². The lowest BCUT2D eigenvalue weighted by atomic mass is 9.98. The average Bonchev–Trinajstić information content (AvgIpc) is 2.83. The van der Waals surface area contributed by atoms with Gasteiger partial charge < -0.3 is 19.7 Å². The largest absolute Gasteiger partial charge is 0.573 e. The molecule has 2 aromatic carbocycles. The van der Waals surface area contributed by atoms with Crippen molar-refractivity contribution in [1.82, 2.24) is 5.32 Å². The second kappa shape index (κ2) is 7.54. The van der Waals surface area contributed by atoms with Gasteiger partial charge in [-0.25, -0.2) is 0 Å². The molecule has 0 bridgehead atoms. The Bertz CT molecular complexity index is 854. The molecule has 1 atom stereocenters. The third kappa shape index (κ3) is 3.76. The van der Waals surface area contributed by atoms with Gasteiger partial charge in [0, 0.05) is 42.0 Å². The minimum absolute atomic E-state index is 0.233. The highest BCUT2D eigenvalue weighted by Crippen LogP contribution is 2.46. The number of alkyl halides is 3. The Hall–Kier alpha value is -2.41. The summed E-state index contributed by atoms with van der Waals surface area (Å²) in [6, 6.07) is 10.9. The number of hydrogen-bond donors (Lipinski definition) is 1. The van der Waals surface area contributed by atoms with Gasteiger partial charge in [0.2, 0.25) is 0 Å². The zero-order valence-electron chi connectivity index (χ0n) is 15.7. The first kappa shape index (κ1) is 18.9. The summed E-state index contributed by atoms with van der Waals surface area (Å²) in [4.78, 5) is 2.33. The van der Waals surface area contributed by atoms with Crippen LogP contribution >= 0.6 is 0 Å². The molecule has 0 radical (unpaired) electrons. The summed E-state index contributed by atoms with van der Waals surface area (Å²) in [5, 5.41) is 3.40. The van der Waals surface area contributed by atoms with Crippen LogP contribution in [-0.4, -0.2) is 38.6 Å². The first-order valence-corrected chi connectivity index (χ1v) is 9.58. The number of para-hydroxylation sites is 1. The maximum absolute atomic E-state index is 13.1. The molecule has 0 aromatic heterocycles. The van der Waals surface area contributed by atoms with E-state index in [0.29, 0.717) is 24.0 Å². The van der Waals surface area contributed by atoms with Crippen molar-refractivity contribution in [3.63, 3.8) is 0 Å². The molecule has 1 saturated heterocycles.